The number of nitrogen functional groups attached to an aromatic ring is 1. The van der Waals surface area contributed by atoms with Crippen LogP contribution >= 0.6 is 0 Å². The molecule has 6 heteroatoms. The van der Waals surface area contributed by atoms with Crippen molar-refractivity contribution in [2.75, 3.05) is 5.73 Å². The number of hydrogen-bond donors (Lipinski definition) is 1. The molecule has 1 saturated heterocycles. The average Bonchev–Trinajstić information content (AvgIpc) is 2.76. The van der Waals surface area contributed by atoms with Crippen LogP contribution in [0.5, 0.6) is 0 Å². The van der Waals surface area contributed by atoms with Gasteiger partial charge in [0.05, 0.1) is 18.0 Å². The predicted molar refractivity (Wildman–Crippen MR) is 65.8 cm³/mol. The van der Waals surface area contributed by atoms with Crippen LogP contribution in [0, 0.1) is 5.92 Å². The maximum Gasteiger partial charge on any atom is 0.165 e. The number of nitrogens with two attached hydrogens (primary N) is 1. The summed E-state index contributed by atoms with van der Waals surface area (Å²) >= 11 is 0. The molecule has 2 fully saturated rings. The molecule has 4 atom stereocenters. The van der Waals surface area contributed by atoms with Gasteiger partial charge >= 0.3 is 0 Å². The third kappa shape index (κ3) is 1.09. The molecule has 18 heavy (non-hydrogen) atoms. The Labute approximate surface area is 104 Å². The highest BCUT2D eigenvalue weighted by Crippen LogP contribution is 2.58. The lowest BCUT2D eigenvalue weighted by atomic mass is 10.00. The molecule has 2 N–H and O–H groups in total. The van der Waals surface area contributed by atoms with Gasteiger partial charge < -0.3 is 15.0 Å². The van der Waals surface area contributed by atoms with E-state index in [0.29, 0.717) is 23.3 Å². The van der Waals surface area contributed by atoms with Crippen LogP contribution < -0.4 is 5.73 Å². The maximum atomic E-state index is 5.84. The number of nitrogens with zero attached hydrogens (tertiary/aromatic N) is 4. The summed E-state index contributed by atoms with van der Waals surface area (Å²) in [5, 5.41) is 0. The molecule has 4 rings (SSSR count). The first kappa shape index (κ1) is 10.3. The quantitative estimate of drug-likeness (QED) is 0.762. The number of anilines is 1. The summed E-state index contributed by atoms with van der Waals surface area (Å²) in [6.45, 7) is 4.42. The third-order valence-electron chi connectivity index (χ3n) is 4.56. The second-order valence-electron chi connectivity index (χ2n) is 5.51. The lowest BCUT2D eigenvalue weighted by Gasteiger charge is -2.15. The van der Waals surface area contributed by atoms with E-state index in [1.54, 1.807) is 6.33 Å². The fourth-order valence-electron chi connectivity index (χ4n) is 3.19. The van der Waals surface area contributed by atoms with E-state index in [9.17, 15) is 0 Å². The Morgan fingerprint density at radius 1 is 1.44 bits per heavy atom. The Hall–Kier alpha value is -1.69. The number of imidazole rings is 1. The number of hydrogen-bond acceptors (Lipinski definition) is 5. The van der Waals surface area contributed by atoms with Crippen molar-refractivity contribution in [2.24, 2.45) is 5.92 Å². The highest BCUT2D eigenvalue weighted by Gasteiger charge is 2.65. The first-order valence-corrected chi connectivity index (χ1v) is 6.22. The molecule has 94 valence electrons. The molecule has 0 aromatic carbocycles. The maximum absolute atomic E-state index is 5.84. The van der Waals surface area contributed by atoms with Gasteiger partial charge in [-0.3, -0.25) is 0 Å². The van der Waals surface area contributed by atoms with E-state index in [2.05, 4.69) is 33.4 Å². The largest absolute Gasteiger partial charge is 0.382 e. The zero-order valence-electron chi connectivity index (χ0n) is 10.4. The monoisotopic (exact) mass is 245 g/mol. The Bertz CT molecular complexity index is 638. The molecule has 3 heterocycles. The van der Waals surface area contributed by atoms with Crippen molar-refractivity contribution in [3.8, 4) is 0 Å². The smallest absolute Gasteiger partial charge is 0.165 e. The van der Waals surface area contributed by atoms with Gasteiger partial charge in [0.25, 0.3) is 0 Å². The lowest BCUT2D eigenvalue weighted by molar-refractivity contribution is 0.183. The van der Waals surface area contributed by atoms with Crippen LogP contribution in [0.25, 0.3) is 11.2 Å². The minimum atomic E-state index is 0.0415. The zero-order valence-corrected chi connectivity index (χ0v) is 10.4. The predicted octanol–water partition coefficient (Wildman–Crippen LogP) is 1.15. The number of epoxide rings is 1. The molecular weight excluding hydrogens is 230 g/mol. The molecule has 0 bridgehead atoms. The Morgan fingerprint density at radius 3 is 2.94 bits per heavy atom. The van der Waals surface area contributed by atoms with Crippen molar-refractivity contribution in [1.82, 2.24) is 19.5 Å². The summed E-state index contributed by atoms with van der Waals surface area (Å²) in [7, 11) is 0. The zero-order chi connectivity index (χ0) is 12.5. The van der Waals surface area contributed by atoms with Gasteiger partial charge in [-0.15, -0.1) is 0 Å². The van der Waals surface area contributed by atoms with Crippen LogP contribution in [0.3, 0.4) is 0 Å². The van der Waals surface area contributed by atoms with E-state index < -0.39 is 0 Å². The van der Waals surface area contributed by atoms with Gasteiger partial charge in [0, 0.05) is 0 Å². The molecule has 0 amide bonds. The van der Waals surface area contributed by atoms with Crippen molar-refractivity contribution < 1.29 is 4.74 Å². The Morgan fingerprint density at radius 2 is 2.28 bits per heavy atom. The second kappa shape index (κ2) is 3.00. The summed E-state index contributed by atoms with van der Waals surface area (Å²) in [6.07, 6.45) is 4.67. The van der Waals surface area contributed by atoms with Crippen LogP contribution in [-0.4, -0.2) is 31.2 Å². The van der Waals surface area contributed by atoms with Crippen LogP contribution in [0.2, 0.25) is 0 Å². The topological polar surface area (TPSA) is 82.2 Å². The highest BCUT2D eigenvalue weighted by atomic mass is 16.6. The van der Waals surface area contributed by atoms with Crippen LogP contribution in [0.4, 0.5) is 5.82 Å². The first-order valence-electron chi connectivity index (χ1n) is 6.22. The van der Waals surface area contributed by atoms with Gasteiger partial charge in [-0.05, 0) is 19.3 Å². The Balaban J connectivity index is 1.83. The molecular formula is C12H15N5O. The van der Waals surface area contributed by atoms with Gasteiger partial charge in [-0.1, -0.05) is 6.92 Å². The first-order chi connectivity index (χ1) is 8.61. The molecule has 6 nitrogen and oxygen atoms in total. The molecule has 1 aliphatic heterocycles. The van der Waals surface area contributed by atoms with E-state index >= 15 is 0 Å². The summed E-state index contributed by atoms with van der Waals surface area (Å²) < 4.78 is 7.93. The van der Waals surface area contributed by atoms with Crippen molar-refractivity contribution >= 4 is 17.0 Å². The minimum Gasteiger partial charge on any atom is -0.382 e. The summed E-state index contributed by atoms with van der Waals surface area (Å²) in [6, 6.07) is 0.310. The van der Waals surface area contributed by atoms with E-state index in [-0.39, 0.29) is 11.7 Å². The molecule has 0 spiro atoms. The molecule has 2 aromatic rings. The van der Waals surface area contributed by atoms with Crippen molar-refractivity contribution in [2.45, 2.75) is 38.0 Å². The van der Waals surface area contributed by atoms with Crippen LogP contribution in [0.1, 0.15) is 26.3 Å². The number of aromatic nitrogens is 4. The number of fused-ring (bicyclic) bond motifs is 2. The molecule has 2 aliphatic rings. The summed E-state index contributed by atoms with van der Waals surface area (Å²) in [5.74, 6) is 0.994. The van der Waals surface area contributed by atoms with Gasteiger partial charge in [-0.2, -0.15) is 0 Å². The number of rotatable bonds is 1. The van der Waals surface area contributed by atoms with Crippen molar-refractivity contribution in [3.05, 3.63) is 12.7 Å². The third-order valence-corrected chi connectivity index (χ3v) is 4.56. The van der Waals surface area contributed by atoms with E-state index in [4.69, 9.17) is 10.5 Å². The van der Waals surface area contributed by atoms with Gasteiger partial charge in [0.1, 0.15) is 17.9 Å². The van der Waals surface area contributed by atoms with Crippen molar-refractivity contribution in [3.63, 3.8) is 0 Å². The van der Waals surface area contributed by atoms with Gasteiger partial charge in [-0.25, -0.2) is 15.0 Å². The molecule has 2 aromatic heterocycles. The highest BCUT2D eigenvalue weighted by molar-refractivity contribution is 5.81. The van der Waals surface area contributed by atoms with E-state index in [0.717, 1.165) is 12.1 Å². The van der Waals surface area contributed by atoms with E-state index in [1.165, 1.54) is 6.33 Å². The number of ether oxygens (including phenoxy) is 1. The molecule has 0 radical (unpaired) electrons. The Kier molecular flexibility index (Phi) is 1.71. The van der Waals surface area contributed by atoms with Crippen LogP contribution in [0.15, 0.2) is 12.7 Å². The van der Waals surface area contributed by atoms with E-state index in [1.807, 2.05) is 0 Å². The second-order valence-corrected chi connectivity index (χ2v) is 5.51. The molecule has 1 saturated carbocycles. The van der Waals surface area contributed by atoms with Gasteiger partial charge in [0.2, 0.25) is 0 Å². The fourth-order valence-corrected chi connectivity index (χ4v) is 3.19. The molecule has 0 unspecified atom stereocenters. The fraction of sp³-hybridized carbons (Fsp3) is 0.583. The standard InChI is InChI=1S/C12H15N5O/c1-6-3-7(9-12(6,2)18-9)17-5-16-8-10(13)14-4-15-11(8)17/h4-7,9H,3H2,1-2H3,(H2,13,14,15)/t6-,7+,9+,12+/m0/s1. The minimum absolute atomic E-state index is 0.0415. The molecule has 1 aliphatic carbocycles. The SMILES string of the molecule is C[C@H]1C[C@@H](n2cnc3c(N)ncnc32)[C@H]2O[C@@]21C. The summed E-state index contributed by atoms with van der Waals surface area (Å²) in [5.41, 5.74) is 7.33. The van der Waals surface area contributed by atoms with Gasteiger partial charge in [0.15, 0.2) is 11.5 Å². The average molecular weight is 245 g/mol. The normalized spacial score (nSPS) is 38.0. The van der Waals surface area contributed by atoms with Crippen LogP contribution in [-0.2, 0) is 4.74 Å². The lowest BCUT2D eigenvalue weighted by Crippen LogP contribution is -2.12. The summed E-state index contributed by atoms with van der Waals surface area (Å²) in [4.78, 5) is 12.6. The van der Waals surface area contributed by atoms with Crippen molar-refractivity contribution in [1.29, 1.82) is 0 Å².